The minimum absolute atomic E-state index is 0.0519. The molecule has 0 atom stereocenters. The van der Waals surface area contributed by atoms with Gasteiger partial charge in [0.15, 0.2) is 11.5 Å². The standard InChI is InChI=1S/C20H22FNO3/c1-14(2)25-18-10-6-16(12-19(18)24-3)13-22-20(23)11-7-15-4-8-17(21)9-5-15/h4-12,14H,13H2,1-3H3,(H,22,23)/b11-7+. The summed E-state index contributed by atoms with van der Waals surface area (Å²) in [4.78, 5) is 11.9. The van der Waals surface area contributed by atoms with Crippen LogP contribution in [0.1, 0.15) is 25.0 Å². The molecule has 5 heteroatoms. The van der Waals surface area contributed by atoms with Gasteiger partial charge >= 0.3 is 0 Å². The molecular weight excluding hydrogens is 321 g/mol. The highest BCUT2D eigenvalue weighted by atomic mass is 19.1. The molecule has 0 bridgehead atoms. The third kappa shape index (κ3) is 5.95. The molecule has 0 aliphatic heterocycles. The topological polar surface area (TPSA) is 47.6 Å². The summed E-state index contributed by atoms with van der Waals surface area (Å²) < 4.78 is 23.8. The van der Waals surface area contributed by atoms with Crippen molar-refractivity contribution in [1.29, 1.82) is 0 Å². The fourth-order valence-electron chi connectivity index (χ4n) is 2.17. The first-order valence-electron chi connectivity index (χ1n) is 8.03. The van der Waals surface area contributed by atoms with Gasteiger partial charge in [-0.3, -0.25) is 4.79 Å². The van der Waals surface area contributed by atoms with Crippen LogP contribution in [0.5, 0.6) is 11.5 Å². The fourth-order valence-corrected chi connectivity index (χ4v) is 2.17. The molecule has 0 saturated carbocycles. The van der Waals surface area contributed by atoms with Gasteiger partial charge in [-0.25, -0.2) is 4.39 Å². The smallest absolute Gasteiger partial charge is 0.244 e. The number of benzene rings is 2. The maximum absolute atomic E-state index is 12.8. The van der Waals surface area contributed by atoms with Crippen molar-refractivity contribution in [1.82, 2.24) is 5.32 Å². The van der Waals surface area contributed by atoms with Crippen molar-refractivity contribution < 1.29 is 18.7 Å². The highest BCUT2D eigenvalue weighted by Crippen LogP contribution is 2.28. The molecule has 0 radical (unpaired) electrons. The first kappa shape index (κ1) is 18.5. The summed E-state index contributed by atoms with van der Waals surface area (Å²) >= 11 is 0. The maximum Gasteiger partial charge on any atom is 0.244 e. The van der Waals surface area contributed by atoms with Crippen LogP contribution in [-0.2, 0) is 11.3 Å². The monoisotopic (exact) mass is 343 g/mol. The molecule has 0 unspecified atom stereocenters. The van der Waals surface area contributed by atoms with Gasteiger partial charge < -0.3 is 14.8 Å². The molecule has 0 spiro atoms. The highest BCUT2D eigenvalue weighted by Gasteiger charge is 2.08. The Balaban J connectivity index is 1.93. The Morgan fingerprint density at radius 2 is 1.88 bits per heavy atom. The second kappa shape index (κ2) is 8.87. The van der Waals surface area contributed by atoms with Crippen molar-refractivity contribution in [2.45, 2.75) is 26.5 Å². The zero-order valence-electron chi connectivity index (χ0n) is 14.6. The number of ether oxygens (including phenoxy) is 2. The van der Waals surface area contributed by atoms with E-state index in [1.165, 1.54) is 18.2 Å². The Morgan fingerprint density at radius 3 is 2.52 bits per heavy atom. The molecule has 1 amide bonds. The maximum atomic E-state index is 12.8. The molecule has 0 aliphatic rings. The van der Waals surface area contributed by atoms with Gasteiger partial charge in [0.2, 0.25) is 5.91 Å². The van der Waals surface area contributed by atoms with Gasteiger partial charge in [0.1, 0.15) is 5.82 Å². The minimum Gasteiger partial charge on any atom is -0.493 e. The molecule has 0 aliphatic carbocycles. The van der Waals surface area contributed by atoms with Crippen LogP contribution in [0.2, 0.25) is 0 Å². The van der Waals surface area contributed by atoms with Crippen molar-refractivity contribution in [3.05, 3.63) is 65.5 Å². The minimum atomic E-state index is -0.305. The molecule has 2 aromatic carbocycles. The van der Waals surface area contributed by atoms with Crippen molar-refractivity contribution in [3.63, 3.8) is 0 Å². The van der Waals surface area contributed by atoms with Crippen LogP contribution in [0.15, 0.2) is 48.5 Å². The lowest BCUT2D eigenvalue weighted by atomic mass is 10.2. The molecule has 132 valence electrons. The van der Waals surface area contributed by atoms with Crippen LogP contribution >= 0.6 is 0 Å². The summed E-state index contributed by atoms with van der Waals surface area (Å²) in [6, 6.07) is 11.5. The van der Waals surface area contributed by atoms with Crippen LogP contribution in [0.4, 0.5) is 4.39 Å². The largest absolute Gasteiger partial charge is 0.493 e. The van der Waals surface area contributed by atoms with Crippen molar-refractivity contribution in [3.8, 4) is 11.5 Å². The fraction of sp³-hybridized carbons (Fsp3) is 0.250. The number of carbonyl (C=O) groups excluding carboxylic acids is 1. The van der Waals surface area contributed by atoms with E-state index in [9.17, 15) is 9.18 Å². The van der Waals surface area contributed by atoms with Gasteiger partial charge in [0, 0.05) is 12.6 Å². The van der Waals surface area contributed by atoms with Crippen molar-refractivity contribution in [2.75, 3.05) is 7.11 Å². The van der Waals surface area contributed by atoms with Gasteiger partial charge in [0.25, 0.3) is 0 Å². The van der Waals surface area contributed by atoms with E-state index in [1.54, 1.807) is 25.3 Å². The molecule has 4 nitrogen and oxygen atoms in total. The number of amides is 1. The van der Waals surface area contributed by atoms with Gasteiger partial charge in [-0.2, -0.15) is 0 Å². The number of rotatable bonds is 7. The van der Waals surface area contributed by atoms with E-state index >= 15 is 0 Å². The Morgan fingerprint density at radius 1 is 1.16 bits per heavy atom. The van der Waals surface area contributed by atoms with Crippen LogP contribution in [0.25, 0.3) is 6.08 Å². The Kier molecular flexibility index (Phi) is 6.57. The zero-order chi connectivity index (χ0) is 18.2. The number of methoxy groups -OCH3 is 1. The quantitative estimate of drug-likeness (QED) is 0.775. The van der Waals surface area contributed by atoms with Crippen LogP contribution < -0.4 is 14.8 Å². The summed E-state index contributed by atoms with van der Waals surface area (Å²) in [6.45, 7) is 4.26. The molecule has 25 heavy (non-hydrogen) atoms. The number of halogens is 1. The van der Waals surface area contributed by atoms with E-state index in [4.69, 9.17) is 9.47 Å². The molecule has 0 saturated heterocycles. The molecule has 0 aromatic heterocycles. The Labute approximate surface area is 147 Å². The molecular formula is C20H22FNO3. The predicted octanol–water partition coefficient (Wildman–Crippen LogP) is 3.95. The van der Waals surface area contributed by atoms with Crippen molar-refractivity contribution >= 4 is 12.0 Å². The SMILES string of the molecule is COc1cc(CNC(=O)/C=C/c2ccc(F)cc2)ccc1OC(C)C. The lowest BCUT2D eigenvalue weighted by molar-refractivity contribution is -0.116. The summed E-state index contributed by atoms with van der Waals surface area (Å²) in [7, 11) is 1.58. The van der Waals surface area contributed by atoms with Crippen molar-refractivity contribution in [2.24, 2.45) is 0 Å². The second-order valence-corrected chi connectivity index (χ2v) is 5.75. The molecule has 0 heterocycles. The third-order valence-corrected chi connectivity index (χ3v) is 3.35. The van der Waals surface area contributed by atoms with E-state index in [0.29, 0.717) is 18.0 Å². The lowest BCUT2D eigenvalue weighted by Gasteiger charge is -2.14. The average Bonchev–Trinajstić information content (AvgIpc) is 2.60. The highest BCUT2D eigenvalue weighted by molar-refractivity contribution is 5.91. The van der Waals surface area contributed by atoms with E-state index in [1.807, 2.05) is 32.0 Å². The predicted molar refractivity (Wildman–Crippen MR) is 96.0 cm³/mol. The van der Waals surface area contributed by atoms with Crippen LogP contribution in [0, 0.1) is 5.82 Å². The molecule has 2 aromatic rings. The van der Waals surface area contributed by atoms with E-state index in [2.05, 4.69) is 5.32 Å². The van der Waals surface area contributed by atoms with Gasteiger partial charge in [0.05, 0.1) is 13.2 Å². The summed E-state index contributed by atoms with van der Waals surface area (Å²) in [5, 5.41) is 2.80. The summed E-state index contributed by atoms with van der Waals surface area (Å²) in [6.07, 6.45) is 3.10. The van der Waals surface area contributed by atoms with Gasteiger partial charge in [-0.1, -0.05) is 18.2 Å². The van der Waals surface area contributed by atoms with Gasteiger partial charge in [-0.05, 0) is 55.3 Å². The second-order valence-electron chi connectivity index (χ2n) is 5.75. The number of hydrogen-bond acceptors (Lipinski definition) is 3. The van der Waals surface area contributed by atoms with E-state index < -0.39 is 0 Å². The van der Waals surface area contributed by atoms with Crippen LogP contribution in [0.3, 0.4) is 0 Å². The Bertz CT molecular complexity index is 739. The lowest BCUT2D eigenvalue weighted by Crippen LogP contribution is -2.20. The molecule has 0 fully saturated rings. The summed E-state index contributed by atoms with van der Waals surface area (Å²) in [5.74, 6) is 0.761. The van der Waals surface area contributed by atoms with E-state index in [-0.39, 0.29) is 17.8 Å². The normalized spacial score (nSPS) is 10.9. The number of carbonyl (C=O) groups is 1. The van der Waals surface area contributed by atoms with Gasteiger partial charge in [-0.15, -0.1) is 0 Å². The third-order valence-electron chi connectivity index (χ3n) is 3.35. The Hall–Kier alpha value is -2.82. The average molecular weight is 343 g/mol. The molecule has 2 rings (SSSR count). The molecule has 1 N–H and O–H groups in total. The van der Waals surface area contributed by atoms with E-state index in [0.717, 1.165) is 11.1 Å². The number of hydrogen-bond donors (Lipinski definition) is 1. The first-order valence-corrected chi connectivity index (χ1v) is 8.03. The first-order chi connectivity index (χ1) is 12.0. The number of nitrogens with one attached hydrogen (secondary N) is 1. The summed E-state index contributed by atoms with van der Waals surface area (Å²) in [5.41, 5.74) is 1.66. The zero-order valence-corrected chi connectivity index (χ0v) is 14.6. The van der Waals surface area contributed by atoms with Crippen LogP contribution in [-0.4, -0.2) is 19.1 Å².